The summed E-state index contributed by atoms with van der Waals surface area (Å²) in [5.41, 5.74) is 3.78. The summed E-state index contributed by atoms with van der Waals surface area (Å²) in [5, 5.41) is 0. The van der Waals surface area contributed by atoms with Gasteiger partial charge in [0.1, 0.15) is 11.6 Å². The maximum Gasteiger partial charge on any atom is 0.257 e. The zero-order valence-corrected chi connectivity index (χ0v) is 19.7. The van der Waals surface area contributed by atoms with Crippen LogP contribution < -0.4 is 4.90 Å². The number of fused-ring (bicyclic) bond motifs is 1. The second-order valence-electron chi connectivity index (χ2n) is 9.36. The van der Waals surface area contributed by atoms with Gasteiger partial charge in [0.25, 0.3) is 5.91 Å². The summed E-state index contributed by atoms with van der Waals surface area (Å²) >= 11 is 0. The summed E-state index contributed by atoms with van der Waals surface area (Å²) in [5.74, 6) is -0.232. The molecular formula is C29H25N3O4. The molecule has 7 nitrogen and oxygen atoms in total. The van der Waals surface area contributed by atoms with E-state index in [1.807, 2.05) is 54.6 Å². The number of nitrogens with zero attached hydrogens (tertiary/aromatic N) is 3. The second kappa shape index (κ2) is 9.07. The summed E-state index contributed by atoms with van der Waals surface area (Å²) in [6.45, 7) is 0.410. The lowest BCUT2D eigenvalue weighted by Crippen LogP contribution is -2.47. The predicted octanol–water partition coefficient (Wildman–Crippen LogP) is 4.61. The lowest BCUT2D eigenvalue weighted by atomic mass is 10.1. The standard InChI is InChI=1S/C29H25N3O4/c33-26-18-24(31(28(34)21-10-11-21)17-16-19-6-2-1-3-7-19)29(35)32(26)22-14-12-20(13-15-22)27-30-23-8-4-5-9-25(23)36-27/h1-9,12-15,21,24H,10-11,16-18H2. The number of amides is 3. The van der Waals surface area contributed by atoms with E-state index in [2.05, 4.69) is 4.98 Å². The van der Waals surface area contributed by atoms with Gasteiger partial charge in [-0.15, -0.1) is 0 Å². The number of benzene rings is 3. The summed E-state index contributed by atoms with van der Waals surface area (Å²) < 4.78 is 5.83. The molecule has 1 saturated heterocycles. The van der Waals surface area contributed by atoms with E-state index in [0.29, 0.717) is 30.1 Å². The van der Waals surface area contributed by atoms with Crippen molar-refractivity contribution in [1.29, 1.82) is 0 Å². The molecule has 1 aromatic heterocycles. The molecule has 1 atom stereocenters. The van der Waals surface area contributed by atoms with Gasteiger partial charge in [-0.1, -0.05) is 42.5 Å². The van der Waals surface area contributed by atoms with Gasteiger partial charge in [0, 0.05) is 18.0 Å². The largest absolute Gasteiger partial charge is 0.436 e. The van der Waals surface area contributed by atoms with E-state index in [4.69, 9.17) is 4.42 Å². The number of oxazole rings is 1. The molecule has 6 rings (SSSR count). The van der Waals surface area contributed by atoms with E-state index in [1.54, 1.807) is 29.2 Å². The van der Waals surface area contributed by atoms with Crippen molar-refractivity contribution in [3.8, 4) is 11.5 Å². The molecule has 3 aromatic carbocycles. The van der Waals surface area contributed by atoms with Crippen LogP contribution in [-0.4, -0.2) is 40.2 Å². The van der Waals surface area contributed by atoms with Crippen LogP contribution in [0.2, 0.25) is 0 Å². The Balaban J connectivity index is 1.22. The third kappa shape index (κ3) is 4.17. The molecule has 1 aliphatic heterocycles. The first-order valence-electron chi connectivity index (χ1n) is 12.3. The summed E-state index contributed by atoms with van der Waals surface area (Å²) in [7, 11) is 0. The summed E-state index contributed by atoms with van der Waals surface area (Å²) in [6, 6.07) is 23.6. The van der Waals surface area contributed by atoms with Gasteiger partial charge in [-0.3, -0.25) is 14.4 Å². The molecule has 7 heteroatoms. The average Bonchev–Trinajstić information content (AvgIpc) is 3.60. The van der Waals surface area contributed by atoms with Crippen LogP contribution in [0.1, 0.15) is 24.8 Å². The Morgan fingerprint density at radius 1 is 0.944 bits per heavy atom. The first-order valence-corrected chi connectivity index (χ1v) is 12.3. The maximum atomic E-state index is 13.5. The fourth-order valence-corrected chi connectivity index (χ4v) is 4.76. The van der Waals surface area contributed by atoms with E-state index >= 15 is 0 Å². The molecule has 0 spiro atoms. The minimum Gasteiger partial charge on any atom is -0.436 e. The van der Waals surface area contributed by atoms with Crippen LogP contribution in [0.5, 0.6) is 0 Å². The number of carbonyl (C=O) groups excluding carboxylic acids is 3. The van der Waals surface area contributed by atoms with Gasteiger partial charge in [0.2, 0.25) is 17.7 Å². The normalized spacial score (nSPS) is 17.7. The topological polar surface area (TPSA) is 83.7 Å². The molecule has 0 bridgehead atoms. The molecule has 36 heavy (non-hydrogen) atoms. The summed E-state index contributed by atoms with van der Waals surface area (Å²) in [4.78, 5) is 46.9. The van der Waals surface area contributed by atoms with E-state index in [0.717, 1.165) is 29.5 Å². The average molecular weight is 480 g/mol. The minimum absolute atomic E-state index is 0.00103. The van der Waals surface area contributed by atoms with Crippen molar-refractivity contribution in [3.63, 3.8) is 0 Å². The highest BCUT2D eigenvalue weighted by Crippen LogP contribution is 2.35. The van der Waals surface area contributed by atoms with Crippen LogP contribution in [0, 0.1) is 5.92 Å². The molecule has 0 N–H and O–H groups in total. The van der Waals surface area contributed by atoms with Gasteiger partial charge >= 0.3 is 0 Å². The fraction of sp³-hybridized carbons (Fsp3) is 0.241. The summed E-state index contributed by atoms with van der Waals surface area (Å²) in [6.07, 6.45) is 2.32. The Bertz CT molecular complexity index is 1410. The Morgan fingerprint density at radius 3 is 2.39 bits per heavy atom. The van der Waals surface area contributed by atoms with Gasteiger partial charge in [0.15, 0.2) is 5.58 Å². The van der Waals surface area contributed by atoms with Gasteiger partial charge in [0.05, 0.1) is 12.1 Å². The Hall–Kier alpha value is -4.26. The SMILES string of the molecule is O=C1CC(N(CCc2ccccc2)C(=O)C2CC2)C(=O)N1c1ccc(-c2nc3ccccc3o2)cc1. The van der Waals surface area contributed by atoms with Crippen molar-refractivity contribution >= 4 is 34.5 Å². The number of anilines is 1. The highest BCUT2D eigenvalue weighted by molar-refractivity contribution is 6.23. The number of para-hydroxylation sites is 2. The Morgan fingerprint density at radius 2 is 1.67 bits per heavy atom. The minimum atomic E-state index is -0.772. The van der Waals surface area contributed by atoms with Crippen molar-refractivity contribution in [2.24, 2.45) is 5.92 Å². The third-order valence-electron chi connectivity index (χ3n) is 6.86. The molecule has 0 radical (unpaired) electrons. The third-order valence-corrected chi connectivity index (χ3v) is 6.86. The van der Waals surface area contributed by atoms with E-state index in [9.17, 15) is 14.4 Å². The highest BCUT2D eigenvalue weighted by Gasteiger charge is 2.46. The van der Waals surface area contributed by atoms with E-state index in [1.165, 1.54) is 4.90 Å². The molecular weight excluding hydrogens is 454 g/mol. The number of imide groups is 1. The maximum absolute atomic E-state index is 13.5. The number of carbonyl (C=O) groups is 3. The quantitative estimate of drug-likeness (QED) is 0.362. The molecule has 1 unspecified atom stereocenters. The van der Waals surface area contributed by atoms with Crippen LogP contribution in [0.4, 0.5) is 5.69 Å². The van der Waals surface area contributed by atoms with Crippen molar-refractivity contribution < 1.29 is 18.8 Å². The molecule has 4 aromatic rings. The van der Waals surface area contributed by atoms with E-state index in [-0.39, 0.29) is 30.1 Å². The van der Waals surface area contributed by atoms with Crippen LogP contribution >= 0.6 is 0 Å². The van der Waals surface area contributed by atoms with Gasteiger partial charge in [-0.2, -0.15) is 0 Å². The monoisotopic (exact) mass is 479 g/mol. The van der Waals surface area contributed by atoms with Crippen LogP contribution in [0.15, 0.2) is 83.3 Å². The Kier molecular flexibility index (Phi) is 5.60. The zero-order chi connectivity index (χ0) is 24.6. The smallest absolute Gasteiger partial charge is 0.257 e. The van der Waals surface area contributed by atoms with Crippen molar-refractivity contribution in [2.75, 3.05) is 11.4 Å². The molecule has 2 fully saturated rings. The van der Waals surface area contributed by atoms with Crippen molar-refractivity contribution in [2.45, 2.75) is 31.7 Å². The van der Waals surface area contributed by atoms with Crippen LogP contribution in [-0.2, 0) is 20.8 Å². The number of hydrogen-bond acceptors (Lipinski definition) is 5. The second-order valence-corrected chi connectivity index (χ2v) is 9.36. The Labute approximate surface area is 208 Å². The molecule has 2 heterocycles. The lowest BCUT2D eigenvalue weighted by molar-refractivity contribution is -0.139. The lowest BCUT2D eigenvalue weighted by Gasteiger charge is -2.28. The number of aromatic nitrogens is 1. The van der Waals surface area contributed by atoms with Gasteiger partial charge < -0.3 is 9.32 Å². The van der Waals surface area contributed by atoms with Crippen molar-refractivity contribution in [1.82, 2.24) is 9.88 Å². The number of hydrogen-bond donors (Lipinski definition) is 0. The fourth-order valence-electron chi connectivity index (χ4n) is 4.76. The molecule has 1 saturated carbocycles. The van der Waals surface area contributed by atoms with Crippen LogP contribution in [0.25, 0.3) is 22.6 Å². The highest BCUT2D eigenvalue weighted by atomic mass is 16.3. The molecule has 3 amide bonds. The molecule has 1 aliphatic carbocycles. The molecule has 180 valence electrons. The van der Waals surface area contributed by atoms with Gasteiger partial charge in [-0.05, 0) is 61.2 Å². The molecule has 2 aliphatic rings. The predicted molar refractivity (Wildman–Crippen MR) is 135 cm³/mol. The number of rotatable bonds is 7. The zero-order valence-electron chi connectivity index (χ0n) is 19.7. The van der Waals surface area contributed by atoms with Gasteiger partial charge in [-0.25, -0.2) is 9.88 Å². The van der Waals surface area contributed by atoms with E-state index < -0.39 is 6.04 Å². The van der Waals surface area contributed by atoms with Crippen molar-refractivity contribution in [3.05, 3.63) is 84.4 Å². The van der Waals surface area contributed by atoms with Crippen LogP contribution in [0.3, 0.4) is 0 Å². The first kappa shape index (κ1) is 22.2. The first-order chi connectivity index (χ1) is 17.6.